The summed E-state index contributed by atoms with van der Waals surface area (Å²) in [5.41, 5.74) is 3.56. The van der Waals surface area contributed by atoms with Crippen molar-refractivity contribution in [2.24, 2.45) is 0 Å². The first-order valence-electron chi connectivity index (χ1n) is 5.90. The van der Waals surface area contributed by atoms with Crippen LogP contribution in [0.25, 0.3) is 11.3 Å². The van der Waals surface area contributed by atoms with Crippen molar-refractivity contribution in [1.29, 1.82) is 0 Å². The van der Waals surface area contributed by atoms with Crippen molar-refractivity contribution >= 4 is 0 Å². The van der Waals surface area contributed by atoms with Gasteiger partial charge < -0.3 is 9.52 Å². The minimum atomic E-state index is -0.367. The molecule has 0 amide bonds. The van der Waals surface area contributed by atoms with Crippen molar-refractivity contribution in [1.82, 2.24) is 0 Å². The maximum Gasteiger partial charge on any atom is 0.134 e. The van der Waals surface area contributed by atoms with Crippen LogP contribution < -0.4 is 0 Å². The van der Waals surface area contributed by atoms with Crippen LogP contribution in [0.5, 0.6) is 0 Å². The molecule has 1 aromatic heterocycles. The SMILES string of the molecule is Cc1cc(C)cc(-c2ccc(CC(C)O)o2)c1. The second kappa shape index (κ2) is 4.76. The number of furan rings is 1. The molecule has 1 heterocycles. The quantitative estimate of drug-likeness (QED) is 0.875. The Kier molecular flexibility index (Phi) is 3.34. The van der Waals surface area contributed by atoms with Crippen LogP contribution in [0.15, 0.2) is 34.7 Å². The molecule has 2 heteroatoms. The maximum absolute atomic E-state index is 9.31. The van der Waals surface area contributed by atoms with Crippen molar-refractivity contribution in [3.8, 4) is 11.3 Å². The number of hydrogen-bond donors (Lipinski definition) is 1. The third kappa shape index (κ3) is 2.98. The van der Waals surface area contributed by atoms with E-state index in [2.05, 4.69) is 32.0 Å². The zero-order valence-electron chi connectivity index (χ0n) is 10.5. The molecule has 0 saturated heterocycles. The molecule has 1 N–H and O–H groups in total. The molecule has 2 aromatic rings. The van der Waals surface area contributed by atoms with Gasteiger partial charge in [-0.3, -0.25) is 0 Å². The van der Waals surface area contributed by atoms with E-state index >= 15 is 0 Å². The third-order valence-corrected chi connectivity index (χ3v) is 2.66. The Hall–Kier alpha value is -1.54. The second-order valence-electron chi connectivity index (χ2n) is 4.70. The highest BCUT2D eigenvalue weighted by Gasteiger charge is 2.07. The van der Waals surface area contributed by atoms with E-state index in [1.54, 1.807) is 6.92 Å². The summed E-state index contributed by atoms with van der Waals surface area (Å²) >= 11 is 0. The highest BCUT2D eigenvalue weighted by molar-refractivity contribution is 5.59. The summed E-state index contributed by atoms with van der Waals surface area (Å²) in [4.78, 5) is 0. The van der Waals surface area contributed by atoms with E-state index in [0.717, 1.165) is 17.1 Å². The van der Waals surface area contributed by atoms with Crippen LogP contribution in [0.2, 0.25) is 0 Å². The summed E-state index contributed by atoms with van der Waals surface area (Å²) in [6.07, 6.45) is 0.193. The Morgan fingerprint density at radius 3 is 2.35 bits per heavy atom. The van der Waals surface area contributed by atoms with E-state index < -0.39 is 0 Å². The standard InChI is InChI=1S/C15H18O2/c1-10-6-11(2)8-13(7-10)15-5-4-14(17-15)9-12(3)16/h4-8,12,16H,9H2,1-3H3. The third-order valence-electron chi connectivity index (χ3n) is 2.66. The van der Waals surface area contributed by atoms with Gasteiger partial charge in [-0.2, -0.15) is 0 Å². The normalized spacial score (nSPS) is 12.7. The molecule has 0 spiro atoms. The Bertz CT molecular complexity index is 489. The number of benzene rings is 1. The predicted molar refractivity (Wildman–Crippen MR) is 69.0 cm³/mol. The summed E-state index contributed by atoms with van der Waals surface area (Å²) < 4.78 is 5.73. The lowest BCUT2D eigenvalue weighted by Crippen LogP contribution is -2.02. The molecule has 2 nitrogen and oxygen atoms in total. The van der Waals surface area contributed by atoms with E-state index in [-0.39, 0.29) is 6.10 Å². The average molecular weight is 230 g/mol. The van der Waals surface area contributed by atoms with E-state index in [9.17, 15) is 5.11 Å². The summed E-state index contributed by atoms with van der Waals surface area (Å²) in [6, 6.07) is 10.3. The summed E-state index contributed by atoms with van der Waals surface area (Å²) in [5, 5.41) is 9.31. The van der Waals surface area contributed by atoms with Crippen LogP contribution >= 0.6 is 0 Å². The first-order valence-corrected chi connectivity index (χ1v) is 5.90. The van der Waals surface area contributed by atoms with Crippen LogP contribution in [0.4, 0.5) is 0 Å². The Morgan fingerprint density at radius 1 is 1.12 bits per heavy atom. The minimum absolute atomic E-state index is 0.367. The van der Waals surface area contributed by atoms with Gasteiger partial charge in [0, 0.05) is 12.0 Å². The van der Waals surface area contributed by atoms with Gasteiger partial charge in [-0.15, -0.1) is 0 Å². The molecule has 0 fully saturated rings. The summed E-state index contributed by atoms with van der Waals surface area (Å²) in [5.74, 6) is 1.70. The molecular formula is C15H18O2. The molecule has 0 aliphatic rings. The van der Waals surface area contributed by atoms with Gasteiger partial charge in [-0.05, 0) is 45.0 Å². The maximum atomic E-state index is 9.31. The molecule has 0 bridgehead atoms. The fourth-order valence-corrected chi connectivity index (χ4v) is 2.05. The molecule has 0 aliphatic heterocycles. The van der Waals surface area contributed by atoms with Crippen molar-refractivity contribution in [2.45, 2.75) is 33.3 Å². The zero-order valence-corrected chi connectivity index (χ0v) is 10.5. The lowest BCUT2D eigenvalue weighted by Gasteiger charge is -2.03. The summed E-state index contributed by atoms with van der Waals surface area (Å²) in [6.45, 7) is 5.92. The lowest BCUT2D eigenvalue weighted by molar-refractivity contribution is 0.187. The Balaban J connectivity index is 2.30. The first kappa shape index (κ1) is 11.9. The number of aliphatic hydroxyl groups is 1. The van der Waals surface area contributed by atoms with Gasteiger partial charge in [0.1, 0.15) is 11.5 Å². The number of hydrogen-bond acceptors (Lipinski definition) is 2. The Labute approximate surface area is 102 Å². The van der Waals surface area contributed by atoms with Crippen LogP contribution in [0, 0.1) is 13.8 Å². The first-order chi connectivity index (χ1) is 8.04. The lowest BCUT2D eigenvalue weighted by atomic mass is 10.1. The Morgan fingerprint density at radius 2 is 1.76 bits per heavy atom. The molecule has 1 aromatic carbocycles. The topological polar surface area (TPSA) is 33.4 Å². The van der Waals surface area contributed by atoms with Gasteiger partial charge in [0.15, 0.2) is 0 Å². The molecular weight excluding hydrogens is 212 g/mol. The van der Waals surface area contributed by atoms with E-state index in [0.29, 0.717) is 6.42 Å². The fraction of sp³-hybridized carbons (Fsp3) is 0.333. The van der Waals surface area contributed by atoms with Crippen molar-refractivity contribution in [3.63, 3.8) is 0 Å². The molecule has 1 unspecified atom stereocenters. The summed E-state index contributed by atoms with van der Waals surface area (Å²) in [7, 11) is 0. The van der Waals surface area contributed by atoms with E-state index in [4.69, 9.17) is 4.42 Å². The smallest absolute Gasteiger partial charge is 0.134 e. The predicted octanol–water partition coefficient (Wildman–Crippen LogP) is 3.49. The minimum Gasteiger partial charge on any atom is -0.461 e. The largest absolute Gasteiger partial charge is 0.461 e. The van der Waals surface area contributed by atoms with Gasteiger partial charge in [-0.1, -0.05) is 17.2 Å². The van der Waals surface area contributed by atoms with Crippen molar-refractivity contribution < 1.29 is 9.52 Å². The van der Waals surface area contributed by atoms with Gasteiger partial charge in [0.25, 0.3) is 0 Å². The van der Waals surface area contributed by atoms with Crippen LogP contribution in [0.3, 0.4) is 0 Å². The molecule has 0 radical (unpaired) electrons. The van der Waals surface area contributed by atoms with Gasteiger partial charge in [-0.25, -0.2) is 0 Å². The molecule has 90 valence electrons. The molecule has 1 atom stereocenters. The molecule has 0 saturated carbocycles. The van der Waals surface area contributed by atoms with E-state index in [1.807, 2.05) is 12.1 Å². The second-order valence-corrected chi connectivity index (χ2v) is 4.70. The van der Waals surface area contributed by atoms with Gasteiger partial charge in [0.2, 0.25) is 0 Å². The number of aliphatic hydroxyl groups excluding tert-OH is 1. The van der Waals surface area contributed by atoms with Crippen LogP contribution in [-0.2, 0) is 6.42 Å². The highest BCUT2D eigenvalue weighted by Crippen LogP contribution is 2.24. The molecule has 17 heavy (non-hydrogen) atoms. The molecule has 2 rings (SSSR count). The van der Waals surface area contributed by atoms with Crippen molar-refractivity contribution in [3.05, 3.63) is 47.2 Å². The number of rotatable bonds is 3. The van der Waals surface area contributed by atoms with Gasteiger partial charge >= 0.3 is 0 Å². The van der Waals surface area contributed by atoms with Gasteiger partial charge in [0.05, 0.1) is 6.10 Å². The van der Waals surface area contributed by atoms with Crippen molar-refractivity contribution in [2.75, 3.05) is 0 Å². The average Bonchev–Trinajstić information content (AvgIpc) is 2.63. The molecule has 0 aliphatic carbocycles. The highest BCUT2D eigenvalue weighted by atomic mass is 16.3. The van der Waals surface area contributed by atoms with E-state index in [1.165, 1.54) is 11.1 Å². The zero-order chi connectivity index (χ0) is 12.4. The number of aryl methyl sites for hydroxylation is 2. The van der Waals surface area contributed by atoms with Crippen LogP contribution in [0.1, 0.15) is 23.8 Å². The van der Waals surface area contributed by atoms with Crippen LogP contribution in [-0.4, -0.2) is 11.2 Å². The fourth-order valence-electron chi connectivity index (χ4n) is 2.05. The monoisotopic (exact) mass is 230 g/mol.